The number of anilines is 1. The van der Waals surface area contributed by atoms with Gasteiger partial charge < -0.3 is 15.5 Å². The predicted molar refractivity (Wildman–Crippen MR) is 95.9 cm³/mol. The van der Waals surface area contributed by atoms with E-state index >= 15 is 0 Å². The zero-order valence-electron chi connectivity index (χ0n) is 14.1. The van der Waals surface area contributed by atoms with E-state index in [0.717, 1.165) is 11.1 Å². The summed E-state index contributed by atoms with van der Waals surface area (Å²) in [5, 5.41) is 4.11. The Hall–Kier alpha value is -3.46. The van der Waals surface area contributed by atoms with Crippen molar-refractivity contribution in [2.75, 3.05) is 12.8 Å². The number of fused-ring (bicyclic) bond motifs is 1. The largest absolute Gasteiger partial charge is 0.382 e. The lowest BCUT2D eigenvalue weighted by atomic mass is 10.1. The summed E-state index contributed by atoms with van der Waals surface area (Å²) in [6.45, 7) is 0.862. The maximum Gasteiger partial charge on any atom is 0.328 e. The number of imidazole rings is 1. The molecule has 0 aliphatic heterocycles. The van der Waals surface area contributed by atoms with Gasteiger partial charge in [0.05, 0.1) is 13.2 Å². The fourth-order valence-electron chi connectivity index (χ4n) is 2.84. The Bertz CT molecular complexity index is 1110. The highest BCUT2D eigenvalue weighted by Crippen LogP contribution is 2.17. The summed E-state index contributed by atoms with van der Waals surface area (Å²) in [4.78, 5) is 23.9. The number of benzene rings is 1. The minimum atomic E-state index is -0.296. The van der Waals surface area contributed by atoms with E-state index in [-0.39, 0.29) is 11.5 Å². The molecular weight excluding hydrogens is 334 g/mol. The van der Waals surface area contributed by atoms with Crippen molar-refractivity contribution in [1.29, 1.82) is 0 Å². The summed E-state index contributed by atoms with van der Waals surface area (Å²) in [6, 6.07) is 9.61. The molecule has 0 radical (unpaired) electrons. The molecule has 0 aliphatic carbocycles. The van der Waals surface area contributed by atoms with Crippen LogP contribution in [-0.4, -0.2) is 36.4 Å². The van der Waals surface area contributed by atoms with E-state index < -0.39 is 0 Å². The molecule has 0 unspecified atom stereocenters. The van der Waals surface area contributed by atoms with E-state index in [0.29, 0.717) is 30.3 Å². The van der Waals surface area contributed by atoms with Crippen LogP contribution in [-0.2, 0) is 17.9 Å². The third kappa shape index (κ3) is 2.84. The van der Waals surface area contributed by atoms with E-state index in [4.69, 9.17) is 10.5 Å². The summed E-state index contributed by atoms with van der Waals surface area (Å²) in [7, 11) is 1.65. The molecule has 26 heavy (non-hydrogen) atoms. The summed E-state index contributed by atoms with van der Waals surface area (Å²) >= 11 is 0. The first-order chi connectivity index (χ1) is 12.7. The van der Waals surface area contributed by atoms with Crippen LogP contribution in [0.3, 0.4) is 0 Å². The van der Waals surface area contributed by atoms with Crippen LogP contribution in [0, 0.1) is 0 Å². The molecule has 1 aromatic carbocycles. The number of nitrogen functional groups attached to an aromatic ring is 1. The van der Waals surface area contributed by atoms with Crippen LogP contribution in [0.1, 0.15) is 11.1 Å². The Morgan fingerprint density at radius 3 is 2.85 bits per heavy atom. The number of aromatic amines is 1. The fourth-order valence-corrected chi connectivity index (χ4v) is 2.84. The molecule has 0 saturated carbocycles. The van der Waals surface area contributed by atoms with Gasteiger partial charge in [0.2, 0.25) is 0 Å². The van der Waals surface area contributed by atoms with Crippen LogP contribution in [0.4, 0.5) is 5.82 Å². The summed E-state index contributed by atoms with van der Waals surface area (Å²) in [5.41, 5.74) is 8.56. The number of H-pyrrole nitrogens is 1. The highest BCUT2D eigenvalue weighted by molar-refractivity contribution is 5.82. The van der Waals surface area contributed by atoms with Crippen LogP contribution in [0.25, 0.3) is 17.1 Å². The number of hydrogen-bond donors (Lipinski definition) is 2. The molecule has 4 aromatic rings. The van der Waals surface area contributed by atoms with Gasteiger partial charge in [-0.05, 0) is 17.2 Å². The van der Waals surface area contributed by atoms with Crippen molar-refractivity contribution in [2.45, 2.75) is 13.2 Å². The third-order valence-corrected chi connectivity index (χ3v) is 3.99. The van der Waals surface area contributed by atoms with Crippen molar-refractivity contribution >= 4 is 17.0 Å². The normalized spacial score (nSPS) is 11.3. The first kappa shape index (κ1) is 16.0. The van der Waals surface area contributed by atoms with E-state index in [1.807, 2.05) is 24.3 Å². The van der Waals surface area contributed by atoms with Gasteiger partial charge in [-0.1, -0.05) is 24.3 Å². The zero-order valence-corrected chi connectivity index (χ0v) is 14.1. The van der Waals surface area contributed by atoms with Gasteiger partial charge in [0.25, 0.3) is 5.95 Å². The standard InChI is InChI=1S/C17H17N7O2/c1-26-10-12-5-2-4-11(8-12)9-23-15-13(20-17(23)25)14(18)21-16(22-15)24-7-3-6-19-24/h2-8H,9-10H2,1H3,(H,20,25)(H2,18,21,22). The first-order valence-electron chi connectivity index (χ1n) is 7.98. The minimum Gasteiger partial charge on any atom is -0.382 e. The number of nitrogens with zero attached hydrogens (tertiary/aromatic N) is 5. The molecule has 3 N–H and O–H groups in total. The van der Waals surface area contributed by atoms with Crippen molar-refractivity contribution in [3.8, 4) is 5.95 Å². The van der Waals surface area contributed by atoms with Gasteiger partial charge in [-0.3, -0.25) is 4.57 Å². The maximum absolute atomic E-state index is 12.4. The van der Waals surface area contributed by atoms with E-state index in [1.165, 1.54) is 9.25 Å². The van der Waals surface area contributed by atoms with Gasteiger partial charge >= 0.3 is 5.69 Å². The number of nitrogens with two attached hydrogens (primary N) is 1. The third-order valence-electron chi connectivity index (χ3n) is 3.99. The molecule has 0 amide bonds. The van der Waals surface area contributed by atoms with Crippen LogP contribution >= 0.6 is 0 Å². The number of hydrogen-bond acceptors (Lipinski definition) is 6. The van der Waals surface area contributed by atoms with Gasteiger partial charge in [-0.25, -0.2) is 9.48 Å². The summed E-state index contributed by atoms with van der Waals surface area (Å²) in [6.07, 6.45) is 3.33. The van der Waals surface area contributed by atoms with Crippen LogP contribution in [0.15, 0.2) is 47.5 Å². The maximum atomic E-state index is 12.4. The molecule has 9 heteroatoms. The number of nitrogens with one attached hydrogen (secondary N) is 1. The Morgan fingerprint density at radius 1 is 1.23 bits per heavy atom. The Balaban J connectivity index is 1.81. The molecule has 0 aliphatic rings. The van der Waals surface area contributed by atoms with Gasteiger partial charge in [-0.15, -0.1) is 0 Å². The van der Waals surface area contributed by atoms with Crippen molar-refractivity contribution in [2.24, 2.45) is 0 Å². The average molecular weight is 351 g/mol. The Kier molecular flexibility index (Phi) is 3.98. The van der Waals surface area contributed by atoms with Crippen LogP contribution < -0.4 is 11.4 Å². The number of aromatic nitrogens is 6. The lowest BCUT2D eigenvalue weighted by molar-refractivity contribution is 0.185. The molecule has 9 nitrogen and oxygen atoms in total. The first-order valence-corrected chi connectivity index (χ1v) is 7.98. The topological polar surface area (TPSA) is 117 Å². The van der Waals surface area contributed by atoms with E-state index in [2.05, 4.69) is 20.1 Å². The van der Waals surface area contributed by atoms with Crippen molar-refractivity contribution in [3.63, 3.8) is 0 Å². The van der Waals surface area contributed by atoms with Crippen LogP contribution in [0.2, 0.25) is 0 Å². The smallest absolute Gasteiger partial charge is 0.328 e. The highest BCUT2D eigenvalue weighted by atomic mass is 16.5. The lowest BCUT2D eigenvalue weighted by Gasteiger charge is -2.07. The summed E-state index contributed by atoms with van der Waals surface area (Å²) < 4.78 is 8.19. The average Bonchev–Trinajstić information content (AvgIpc) is 3.26. The molecule has 3 heterocycles. The lowest BCUT2D eigenvalue weighted by Crippen LogP contribution is -2.18. The van der Waals surface area contributed by atoms with Gasteiger partial charge in [0, 0.05) is 19.5 Å². The summed E-state index contributed by atoms with van der Waals surface area (Å²) in [5.74, 6) is 0.505. The van der Waals surface area contributed by atoms with Crippen molar-refractivity contribution in [3.05, 3.63) is 64.3 Å². The van der Waals surface area contributed by atoms with E-state index in [9.17, 15) is 4.79 Å². The number of ether oxygens (including phenoxy) is 1. The molecule has 0 saturated heterocycles. The van der Waals surface area contributed by atoms with Crippen molar-refractivity contribution in [1.82, 2.24) is 29.3 Å². The monoisotopic (exact) mass is 351 g/mol. The minimum absolute atomic E-state index is 0.199. The van der Waals surface area contributed by atoms with Gasteiger partial charge in [-0.2, -0.15) is 15.1 Å². The molecule has 0 spiro atoms. The zero-order chi connectivity index (χ0) is 18.1. The SMILES string of the molecule is COCc1cccc(Cn2c(=O)[nH]c3c(N)nc(-n4cccn4)nc32)c1. The second kappa shape index (κ2) is 6.45. The van der Waals surface area contributed by atoms with E-state index in [1.54, 1.807) is 25.6 Å². The second-order valence-electron chi connectivity index (χ2n) is 5.83. The fraction of sp³-hybridized carbons (Fsp3) is 0.176. The predicted octanol–water partition coefficient (Wildman–Crippen LogP) is 1.08. The molecule has 0 fully saturated rings. The number of rotatable bonds is 5. The molecule has 3 aromatic heterocycles. The second-order valence-corrected chi connectivity index (χ2v) is 5.83. The molecule has 0 atom stereocenters. The van der Waals surface area contributed by atoms with Gasteiger partial charge in [0.15, 0.2) is 11.5 Å². The molecular formula is C17H17N7O2. The van der Waals surface area contributed by atoms with Crippen LogP contribution in [0.5, 0.6) is 0 Å². The number of methoxy groups -OCH3 is 1. The Morgan fingerprint density at radius 2 is 2.08 bits per heavy atom. The quantitative estimate of drug-likeness (QED) is 0.556. The van der Waals surface area contributed by atoms with Crippen molar-refractivity contribution < 1.29 is 4.74 Å². The molecule has 0 bridgehead atoms. The Labute approximate surface area is 148 Å². The molecule has 132 valence electrons. The van der Waals surface area contributed by atoms with Gasteiger partial charge in [0.1, 0.15) is 5.52 Å². The molecule has 4 rings (SSSR count). The highest BCUT2D eigenvalue weighted by Gasteiger charge is 2.15.